The maximum Gasteiger partial charge on any atom is 0.0642 e. The molecular formula is C12H17ClN2. The number of anilines is 1. The minimum absolute atomic E-state index is 0.511. The third-order valence-electron chi connectivity index (χ3n) is 2.98. The van der Waals surface area contributed by atoms with E-state index in [0.717, 1.165) is 24.7 Å². The van der Waals surface area contributed by atoms with Crippen LogP contribution in [-0.4, -0.2) is 25.7 Å². The lowest BCUT2D eigenvalue weighted by atomic mass is 10.1. The van der Waals surface area contributed by atoms with Crippen LogP contribution in [0.25, 0.3) is 0 Å². The number of hydrogen-bond acceptors (Lipinski definition) is 2. The Labute approximate surface area is 96.2 Å². The lowest BCUT2D eigenvalue weighted by Crippen LogP contribution is -2.50. The van der Waals surface area contributed by atoms with E-state index in [1.54, 1.807) is 0 Å². The molecule has 0 bridgehead atoms. The predicted octanol–water partition coefficient (Wildman–Crippen LogP) is 2.45. The summed E-state index contributed by atoms with van der Waals surface area (Å²) >= 11 is 6.27. The lowest BCUT2D eigenvalue weighted by Gasteiger charge is -2.37. The molecule has 1 aromatic rings. The zero-order chi connectivity index (χ0) is 10.8. The lowest BCUT2D eigenvalue weighted by molar-refractivity contribution is 0.500. The van der Waals surface area contributed by atoms with Crippen molar-refractivity contribution in [2.45, 2.75) is 19.9 Å². The van der Waals surface area contributed by atoms with Crippen LogP contribution < -0.4 is 10.2 Å². The van der Waals surface area contributed by atoms with Crippen molar-refractivity contribution in [1.29, 1.82) is 0 Å². The van der Waals surface area contributed by atoms with Crippen molar-refractivity contribution in [2.75, 3.05) is 24.5 Å². The van der Waals surface area contributed by atoms with Crippen LogP contribution in [0.1, 0.15) is 12.5 Å². The van der Waals surface area contributed by atoms with Crippen LogP contribution in [0.2, 0.25) is 5.02 Å². The summed E-state index contributed by atoms with van der Waals surface area (Å²) in [6.45, 7) is 7.45. The number of halogens is 1. The molecule has 1 fully saturated rings. The smallest absolute Gasteiger partial charge is 0.0642 e. The molecule has 0 amide bonds. The van der Waals surface area contributed by atoms with Gasteiger partial charge in [0, 0.05) is 25.7 Å². The summed E-state index contributed by atoms with van der Waals surface area (Å²) in [5, 5.41) is 4.25. The summed E-state index contributed by atoms with van der Waals surface area (Å²) in [5.74, 6) is 0. The Hall–Kier alpha value is -0.730. The van der Waals surface area contributed by atoms with E-state index in [0.29, 0.717) is 6.04 Å². The van der Waals surface area contributed by atoms with Crippen molar-refractivity contribution in [3.05, 3.63) is 28.8 Å². The third-order valence-corrected chi connectivity index (χ3v) is 3.28. The molecule has 1 atom stereocenters. The molecule has 15 heavy (non-hydrogen) atoms. The molecule has 1 saturated heterocycles. The van der Waals surface area contributed by atoms with E-state index in [9.17, 15) is 0 Å². The Morgan fingerprint density at radius 2 is 2.27 bits per heavy atom. The highest BCUT2D eigenvalue weighted by Gasteiger charge is 2.21. The number of hydrogen-bond donors (Lipinski definition) is 1. The molecule has 1 unspecified atom stereocenters. The molecule has 0 radical (unpaired) electrons. The number of aryl methyl sites for hydroxylation is 1. The molecule has 0 spiro atoms. The summed E-state index contributed by atoms with van der Waals surface area (Å²) < 4.78 is 0. The SMILES string of the molecule is Cc1cccc(Cl)c1N1CCNCC1C. The first-order valence-corrected chi connectivity index (χ1v) is 5.80. The Balaban J connectivity index is 2.35. The van der Waals surface area contributed by atoms with E-state index in [1.807, 2.05) is 12.1 Å². The molecule has 1 aromatic carbocycles. The first kappa shape index (κ1) is 10.8. The standard InChI is InChI=1S/C12H17ClN2/c1-9-4-3-5-11(13)12(9)15-7-6-14-8-10(15)2/h3-5,10,14H,6-8H2,1-2H3. The van der Waals surface area contributed by atoms with Gasteiger partial charge in [-0.2, -0.15) is 0 Å². The Morgan fingerprint density at radius 1 is 1.47 bits per heavy atom. The van der Waals surface area contributed by atoms with Gasteiger partial charge in [0.05, 0.1) is 10.7 Å². The van der Waals surface area contributed by atoms with Gasteiger partial charge >= 0.3 is 0 Å². The zero-order valence-corrected chi connectivity index (χ0v) is 10.0. The van der Waals surface area contributed by atoms with Gasteiger partial charge in [0.25, 0.3) is 0 Å². The number of rotatable bonds is 1. The van der Waals surface area contributed by atoms with E-state index >= 15 is 0 Å². The third kappa shape index (κ3) is 2.11. The van der Waals surface area contributed by atoms with Gasteiger partial charge in [0.1, 0.15) is 0 Å². The molecule has 82 valence electrons. The second kappa shape index (κ2) is 4.42. The van der Waals surface area contributed by atoms with Gasteiger partial charge in [-0.3, -0.25) is 0 Å². The van der Waals surface area contributed by atoms with E-state index in [2.05, 4.69) is 30.1 Å². The second-order valence-electron chi connectivity index (χ2n) is 4.15. The number of nitrogens with one attached hydrogen (secondary N) is 1. The molecule has 3 heteroatoms. The summed E-state index contributed by atoms with van der Waals surface area (Å²) in [6, 6.07) is 6.61. The number of para-hydroxylation sites is 1. The summed E-state index contributed by atoms with van der Waals surface area (Å²) in [4.78, 5) is 2.40. The fraction of sp³-hybridized carbons (Fsp3) is 0.500. The van der Waals surface area contributed by atoms with Gasteiger partial charge < -0.3 is 10.2 Å². The fourth-order valence-corrected chi connectivity index (χ4v) is 2.49. The van der Waals surface area contributed by atoms with Gasteiger partial charge in [-0.15, -0.1) is 0 Å². The minimum Gasteiger partial charge on any atom is -0.365 e. The van der Waals surface area contributed by atoms with Gasteiger partial charge in [-0.1, -0.05) is 23.7 Å². The molecule has 1 aliphatic heterocycles. The summed E-state index contributed by atoms with van der Waals surface area (Å²) in [5.41, 5.74) is 2.46. The first-order valence-electron chi connectivity index (χ1n) is 5.42. The maximum atomic E-state index is 6.27. The molecule has 1 N–H and O–H groups in total. The average Bonchev–Trinajstić information content (AvgIpc) is 2.20. The van der Waals surface area contributed by atoms with Crippen LogP contribution in [-0.2, 0) is 0 Å². The zero-order valence-electron chi connectivity index (χ0n) is 9.26. The highest BCUT2D eigenvalue weighted by Crippen LogP contribution is 2.31. The van der Waals surface area contributed by atoms with Crippen molar-refractivity contribution >= 4 is 17.3 Å². The highest BCUT2D eigenvalue weighted by molar-refractivity contribution is 6.33. The molecule has 0 saturated carbocycles. The second-order valence-corrected chi connectivity index (χ2v) is 4.56. The normalized spacial score (nSPS) is 21.8. The van der Waals surface area contributed by atoms with E-state index < -0.39 is 0 Å². The van der Waals surface area contributed by atoms with Crippen LogP contribution in [0, 0.1) is 6.92 Å². The monoisotopic (exact) mass is 224 g/mol. The van der Waals surface area contributed by atoms with Crippen molar-refractivity contribution in [1.82, 2.24) is 5.32 Å². The van der Waals surface area contributed by atoms with Crippen LogP contribution in [0.15, 0.2) is 18.2 Å². The number of nitrogens with zero attached hydrogens (tertiary/aromatic N) is 1. The Bertz CT molecular complexity index is 331. The molecule has 2 rings (SSSR count). The molecule has 0 aromatic heterocycles. The van der Waals surface area contributed by atoms with Gasteiger partial charge in [-0.05, 0) is 25.5 Å². The average molecular weight is 225 g/mol. The number of benzene rings is 1. The van der Waals surface area contributed by atoms with Crippen LogP contribution in [0.4, 0.5) is 5.69 Å². The topological polar surface area (TPSA) is 15.3 Å². The van der Waals surface area contributed by atoms with Gasteiger partial charge in [0.2, 0.25) is 0 Å². The molecule has 2 nitrogen and oxygen atoms in total. The highest BCUT2D eigenvalue weighted by atomic mass is 35.5. The van der Waals surface area contributed by atoms with Crippen LogP contribution in [0.3, 0.4) is 0 Å². The summed E-state index contributed by atoms with van der Waals surface area (Å²) in [6.07, 6.45) is 0. The van der Waals surface area contributed by atoms with E-state index in [-0.39, 0.29) is 0 Å². The van der Waals surface area contributed by atoms with Crippen LogP contribution >= 0.6 is 11.6 Å². The van der Waals surface area contributed by atoms with Crippen molar-refractivity contribution in [2.24, 2.45) is 0 Å². The van der Waals surface area contributed by atoms with Crippen LogP contribution in [0.5, 0.6) is 0 Å². The number of piperazine rings is 1. The van der Waals surface area contributed by atoms with E-state index in [1.165, 1.54) is 11.3 Å². The minimum atomic E-state index is 0.511. The van der Waals surface area contributed by atoms with Crippen molar-refractivity contribution < 1.29 is 0 Å². The van der Waals surface area contributed by atoms with Crippen molar-refractivity contribution in [3.8, 4) is 0 Å². The molecule has 1 heterocycles. The van der Waals surface area contributed by atoms with Crippen molar-refractivity contribution in [3.63, 3.8) is 0 Å². The largest absolute Gasteiger partial charge is 0.365 e. The molecule has 0 aliphatic carbocycles. The fourth-order valence-electron chi connectivity index (χ4n) is 2.16. The van der Waals surface area contributed by atoms with E-state index in [4.69, 9.17) is 11.6 Å². The quantitative estimate of drug-likeness (QED) is 0.789. The van der Waals surface area contributed by atoms with Gasteiger partial charge in [0.15, 0.2) is 0 Å². The van der Waals surface area contributed by atoms with Gasteiger partial charge in [-0.25, -0.2) is 0 Å². The Morgan fingerprint density at radius 3 is 2.93 bits per heavy atom. The summed E-state index contributed by atoms with van der Waals surface area (Å²) in [7, 11) is 0. The Kier molecular flexibility index (Phi) is 3.17. The molecule has 1 aliphatic rings. The molecular weight excluding hydrogens is 208 g/mol. The maximum absolute atomic E-state index is 6.27. The first-order chi connectivity index (χ1) is 7.20. The predicted molar refractivity (Wildman–Crippen MR) is 65.9 cm³/mol.